The molecule has 0 radical (unpaired) electrons. The second-order valence-electron chi connectivity index (χ2n) is 6.47. The standard InChI is InChI=1S/C21H23FN4O2S/c1-4-26-20(15(3)28-16-11-9-14(2)10-12-16)24-25-21(26)29-13-19(27)23-18-8-6-5-7-17(18)22/h5-12,15H,4,13H2,1-3H3,(H,23,27). The van der Waals surface area contributed by atoms with Crippen LogP contribution < -0.4 is 10.1 Å². The van der Waals surface area contributed by atoms with Gasteiger partial charge in [-0.25, -0.2) is 4.39 Å². The molecule has 3 rings (SSSR count). The first-order chi connectivity index (χ1) is 14.0. The van der Waals surface area contributed by atoms with E-state index in [0.29, 0.717) is 17.5 Å². The monoisotopic (exact) mass is 414 g/mol. The number of amides is 1. The van der Waals surface area contributed by atoms with Crippen LogP contribution in [0.1, 0.15) is 31.3 Å². The Kier molecular flexibility index (Phi) is 6.87. The van der Waals surface area contributed by atoms with Gasteiger partial charge in [0, 0.05) is 6.54 Å². The number of anilines is 1. The summed E-state index contributed by atoms with van der Waals surface area (Å²) in [6.07, 6.45) is -0.299. The zero-order valence-electron chi connectivity index (χ0n) is 16.6. The molecule has 1 unspecified atom stereocenters. The van der Waals surface area contributed by atoms with Crippen molar-refractivity contribution in [2.24, 2.45) is 0 Å². The average molecular weight is 415 g/mol. The minimum Gasteiger partial charge on any atom is -0.483 e. The summed E-state index contributed by atoms with van der Waals surface area (Å²) in [7, 11) is 0. The summed E-state index contributed by atoms with van der Waals surface area (Å²) in [5.74, 6) is 0.764. The predicted octanol–water partition coefficient (Wildman–Crippen LogP) is 4.62. The van der Waals surface area contributed by atoms with Gasteiger partial charge in [0.25, 0.3) is 0 Å². The van der Waals surface area contributed by atoms with Crippen molar-refractivity contribution in [2.45, 2.75) is 38.6 Å². The molecule has 6 nitrogen and oxygen atoms in total. The third-order valence-electron chi connectivity index (χ3n) is 4.24. The Morgan fingerprint density at radius 2 is 1.93 bits per heavy atom. The molecule has 29 heavy (non-hydrogen) atoms. The van der Waals surface area contributed by atoms with Crippen LogP contribution in [0.25, 0.3) is 0 Å². The summed E-state index contributed by atoms with van der Waals surface area (Å²) in [6.45, 7) is 6.55. The fraction of sp³-hybridized carbons (Fsp3) is 0.286. The van der Waals surface area contributed by atoms with Crippen molar-refractivity contribution in [1.29, 1.82) is 0 Å². The molecular weight excluding hydrogens is 391 g/mol. The number of thioether (sulfide) groups is 1. The van der Waals surface area contributed by atoms with Crippen LogP contribution in [0.2, 0.25) is 0 Å². The van der Waals surface area contributed by atoms with Crippen LogP contribution in [-0.2, 0) is 11.3 Å². The van der Waals surface area contributed by atoms with Gasteiger partial charge in [0.05, 0.1) is 11.4 Å². The minimum atomic E-state index is -0.466. The van der Waals surface area contributed by atoms with Crippen LogP contribution >= 0.6 is 11.8 Å². The van der Waals surface area contributed by atoms with Gasteiger partial charge in [-0.2, -0.15) is 0 Å². The molecule has 3 aromatic rings. The van der Waals surface area contributed by atoms with Gasteiger partial charge in [-0.1, -0.05) is 41.6 Å². The van der Waals surface area contributed by atoms with Crippen molar-refractivity contribution in [3.8, 4) is 5.75 Å². The molecule has 0 fully saturated rings. The molecular formula is C21H23FN4O2S. The highest BCUT2D eigenvalue weighted by Crippen LogP contribution is 2.25. The number of hydrogen-bond acceptors (Lipinski definition) is 5. The molecule has 1 aromatic heterocycles. The summed E-state index contributed by atoms with van der Waals surface area (Å²) in [6, 6.07) is 13.9. The predicted molar refractivity (Wildman–Crippen MR) is 112 cm³/mol. The lowest BCUT2D eigenvalue weighted by Crippen LogP contribution is -2.16. The molecule has 8 heteroatoms. The Bertz CT molecular complexity index is 975. The molecule has 152 valence electrons. The summed E-state index contributed by atoms with van der Waals surface area (Å²) in [4.78, 5) is 12.2. The molecule has 1 heterocycles. The second-order valence-corrected chi connectivity index (χ2v) is 7.42. The van der Waals surface area contributed by atoms with E-state index in [4.69, 9.17) is 4.74 Å². The highest BCUT2D eigenvalue weighted by atomic mass is 32.2. The van der Waals surface area contributed by atoms with E-state index < -0.39 is 5.82 Å². The average Bonchev–Trinajstić information content (AvgIpc) is 3.13. The number of carbonyl (C=O) groups excluding carboxylic acids is 1. The van der Waals surface area contributed by atoms with E-state index in [-0.39, 0.29) is 23.5 Å². The van der Waals surface area contributed by atoms with Crippen molar-refractivity contribution in [3.05, 3.63) is 65.7 Å². The smallest absolute Gasteiger partial charge is 0.234 e. The summed E-state index contributed by atoms with van der Waals surface area (Å²) < 4.78 is 21.6. The zero-order chi connectivity index (χ0) is 20.8. The van der Waals surface area contributed by atoms with Crippen LogP contribution in [-0.4, -0.2) is 26.4 Å². The molecule has 0 spiro atoms. The molecule has 0 saturated heterocycles. The first kappa shape index (κ1) is 20.9. The van der Waals surface area contributed by atoms with Gasteiger partial charge in [-0.15, -0.1) is 10.2 Å². The number of aryl methyl sites for hydroxylation is 1. The number of aromatic nitrogens is 3. The maximum atomic E-state index is 13.7. The molecule has 1 atom stereocenters. The van der Waals surface area contributed by atoms with Crippen molar-refractivity contribution in [3.63, 3.8) is 0 Å². The third-order valence-corrected chi connectivity index (χ3v) is 5.21. The van der Waals surface area contributed by atoms with Crippen molar-refractivity contribution >= 4 is 23.4 Å². The quantitative estimate of drug-likeness (QED) is 0.545. The summed E-state index contributed by atoms with van der Waals surface area (Å²) in [5.41, 5.74) is 1.32. The SMILES string of the molecule is CCn1c(SCC(=O)Nc2ccccc2F)nnc1C(C)Oc1ccc(C)cc1. The van der Waals surface area contributed by atoms with Crippen LogP contribution in [0.15, 0.2) is 53.7 Å². The van der Waals surface area contributed by atoms with Gasteiger partial charge in [0.1, 0.15) is 11.6 Å². The Balaban J connectivity index is 1.63. The molecule has 0 aliphatic heterocycles. The number of nitrogens with zero attached hydrogens (tertiary/aromatic N) is 3. The lowest BCUT2D eigenvalue weighted by molar-refractivity contribution is -0.113. The van der Waals surface area contributed by atoms with E-state index in [1.807, 2.05) is 49.6 Å². The first-order valence-electron chi connectivity index (χ1n) is 9.31. The van der Waals surface area contributed by atoms with Gasteiger partial charge >= 0.3 is 0 Å². The van der Waals surface area contributed by atoms with Gasteiger partial charge in [0.15, 0.2) is 17.1 Å². The maximum absolute atomic E-state index is 13.7. The van der Waals surface area contributed by atoms with Crippen LogP contribution in [0.3, 0.4) is 0 Å². The van der Waals surface area contributed by atoms with Crippen molar-refractivity contribution in [2.75, 3.05) is 11.1 Å². The van der Waals surface area contributed by atoms with Gasteiger partial charge in [-0.05, 0) is 45.0 Å². The molecule has 0 aliphatic carbocycles. The summed E-state index contributed by atoms with van der Waals surface area (Å²) >= 11 is 1.25. The molecule has 2 aromatic carbocycles. The first-order valence-corrected chi connectivity index (χ1v) is 10.3. The van der Waals surface area contributed by atoms with E-state index in [1.165, 1.54) is 23.9 Å². The Morgan fingerprint density at radius 1 is 1.21 bits per heavy atom. The fourth-order valence-electron chi connectivity index (χ4n) is 2.76. The van der Waals surface area contributed by atoms with E-state index in [9.17, 15) is 9.18 Å². The van der Waals surface area contributed by atoms with Gasteiger partial charge < -0.3 is 14.6 Å². The number of carbonyl (C=O) groups is 1. The number of ether oxygens (including phenoxy) is 1. The van der Waals surface area contributed by atoms with E-state index >= 15 is 0 Å². The maximum Gasteiger partial charge on any atom is 0.234 e. The number of hydrogen-bond donors (Lipinski definition) is 1. The normalized spacial score (nSPS) is 11.9. The minimum absolute atomic E-state index is 0.0969. The van der Waals surface area contributed by atoms with E-state index in [2.05, 4.69) is 15.5 Å². The Labute approximate surface area is 173 Å². The van der Waals surface area contributed by atoms with Gasteiger partial charge in [0.2, 0.25) is 5.91 Å². The molecule has 1 amide bonds. The summed E-state index contributed by atoms with van der Waals surface area (Å²) in [5, 5.41) is 11.6. The largest absolute Gasteiger partial charge is 0.483 e. The molecule has 0 saturated carbocycles. The number of nitrogens with one attached hydrogen (secondary N) is 1. The highest BCUT2D eigenvalue weighted by Gasteiger charge is 2.19. The number of rotatable bonds is 8. The molecule has 0 bridgehead atoms. The lowest BCUT2D eigenvalue weighted by atomic mass is 10.2. The molecule has 0 aliphatic rings. The topological polar surface area (TPSA) is 69.0 Å². The van der Waals surface area contributed by atoms with Gasteiger partial charge in [-0.3, -0.25) is 4.79 Å². The van der Waals surface area contributed by atoms with Crippen LogP contribution in [0.5, 0.6) is 5.75 Å². The van der Waals surface area contributed by atoms with E-state index in [0.717, 1.165) is 11.3 Å². The second kappa shape index (κ2) is 9.56. The number of benzene rings is 2. The van der Waals surface area contributed by atoms with Crippen LogP contribution in [0, 0.1) is 12.7 Å². The Morgan fingerprint density at radius 3 is 2.62 bits per heavy atom. The van der Waals surface area contributed by atoms with E-state index in [1.54, 1.807) is 12.1 Å². The zero-order valence-corrected chi connectivity index (χ0v) is 17.4. The van der Waals surface area contributed by atoms with Crippen LogP contribution in [0.4, 0.5) is 10.1 Å². The number of para-hydroxylation sites is 1. The Hall–Kier alpha value is -2.87. The lowest BCUT2D eigenvalue weighted by Gasteiger charge is -2.15. The van der Waals surface area contributed by atoms with Crippen molar-refractivity contribution < 1.29 is 13.9 Å². The third kappa shape index (κ3) is 5.35. The fourth-order valence-corrected chi connectivity index (χ4v) is 3.57. The highest BCUT2D eigenvalue weighted by molar-refractivity contribution is 7.99. The van der Waals surface area contributed by atoms with Crippen molar-refractivity contribution in [1.82, 2.24) is 14.8 Å². The number of halogens is 1. The molecule has 1 N–H and O–H groups in total.